The zero-order valence-corrected chi connectivity index (χ0v) is 10.8. The zero-order chi connectivity index (χ0) is 15.9. The lowest BCUT2D eigenvalue weighted by molar-refractivity contribution is 0.140. The second-order valence-corrected chi connectivity index (χ2v) is 4.24. The zero-order valence-electron chi connectivity index (χ0n) is 10.8. The number of benzene rings is 1. The molecule has 0 saturated heterocycles. The van der Waals surface area contributed by atoms with E-state index in [0.29, 0.717) is 11.5 Å². The van der Waals surface area contributed by atoms with Crippen molar-refractivity contribution in [3.8, 4) is 28.6 Å². The Balaban J connectivity index is 2.13. The van der Waals surface area contributed by atoms with Crippen molar-refractivity contribution in [2.24, 2.45) is 0 Å². The first-order chi connectivity index (χ1) is 10.5. The SMILES string of the molecule is Nc1c(F)c(OC(=O)O)nc(-c2ccc3c(c2)OCO3)c1F. The second kappa shape index (κ2) is 5.02. The lowest BCUT2D eigenvalue weighted by atomic mass is 10.1. The molecule has 3 rings (SSSR count). The van der Waals surface area contributed by atoms with Gasteiger partial charge in [-0.25, -0.2) is 14.2 Å². The molecule has 2 heterocycles. The molecule has 22 heavy (non-hydrogen) atoms. The van der Waals surface area contributed by atoms with Crippen LogP contribution in [0.15, 0.2) is 18.2 Å². The minimum atomic E-state index is -1.80. The predicted molar refractivity (Wildman–Crippen MR) is 68.8 cm³/mol. The summed E-state index contributed by atoms with van der Waals surface area (Å²) >= 11 is 0. The van der Waals surface area contributed by atoms with Gasteiger partial charge in [-0.15, -0.1) is 0 Å². The van der Waals surface area contributed by atoms with Crippen LogP contribution in [0.4, 0.5) is 19.3 Å². The minimum absolute atomic E-state index is 0.0215. The number of nitrogen functional groups attached to an aromatic ring is 1. The number of ether oxygens (including phenoxy) is 3. The quantitative estimate of drug-likeness (QED) is 0.821. The van der Waals surface area contributed by atoms with Crippen LogP contribution in [0.1, 0.15) is 0 Å². The summed E-state index contributed by atoms with van der Waals surface area (Å²) in [6.45, 7) is 0.0215. The standard InChI is InChI=1S/C13H8F2N2O5/c14-8-10(16)9(15)12(22-13(18)19)17-11(8)5-1-2-6-7(3-5)21-4-20-6/h1-3H,4H2,(H2,16,17)(H,18,19). The van der Waals surface area contributed by atoms with Gasteiger partial charge in [0.05, 0.1) is 0 Å². The van der Waals surface area contributed by atoms with Gasteiger partial charge in [0.15, 0.2) is 17.3 Å². The van der Waals surface area contributed by atoms with Gasteiger partial charge in [-0.2, -0.15) is 4.39 Å². The fourth-order valence-electron chi connectivity index (χ4n) is 1.92. The van der Waals surface area contributed by atoms with Crippen molar-refractivity contribution < 1.29 is 32.9 Å². The molecule has 0 amide bonds. The van der Waals surface area contributed by atoms with E-state index in [1.54, 1.807) is 0 Å². The summed E-state index contributed by atoms with van der Waals surface area (Å²) in [6, 6.07) is 4.37. The lowest BCUT2D eigenvalue weighted by Gasteiger charge is -2.10. The number of carboxylic acid groups (broad SMARTS) is 1. The number of rotatable bonds is 2. The highest BCUT2D eigenvalue weighted by Crippen LogP contribution is 2.38. The number of anilines is 1. The molecule has 0 spiro atoms. The van der Waals surface area contributed by atoms with Crippen LogP contribution in [-0.2, 0) is 0 Å². The van der Waals surface area contributed by atoms with Gasteiger partial charge in [0.1, 0.15) is 11.4 Å². The normalized spacial score (nSPS) is 12.3. The van der Waals surface area contributed by atoms with Crippen molar-refractivity contribution in [2.45, 2.75) is 0 Å². The molecule has 7 nitrogen and oxygen atoms in total. The molecule has 0 fully saturated rings. The van der Waals surface area contributed by atoms with Gasteiger partial charge in [0.2, 0.25) is 12.6 Å². The van der Waals surface area contributed by atoms with E-state index in [4.69, 9.17) is 20.3 Å². The molecule has 3 N–H and O–H groups in total. The second-order valence-electron chi connectivity index (χ2n) is 4.24. The highest BCUT2D eigenvalue weighted by Gasteiger charge is 2.23. The molecule has 1 aliphatic heterocycles. The van der Waals surface area contributed by atoms with Crippen LogP contribution in [-0.4, -0.2) is 23.0 Å². The number of nitrogens with zero attached hydrogens (tertiary/aromatic N) is 1. The predicted octanol–water partition coefficient (Wildman–Crippen LogP) is 2.39. The van der Waals surface area contributed by atoms with Crippen LogP contribution in [0.25, 0.3) is 11.3 Å². The van der Waals surface area contributed by atoms with Crippen LogP contribution in [0.2, 0.25) is 0 Å². The maximum absolute atomic E-state index is 14.1. The number of carbonyl (C=O) groups is 1. The van der Waals surface area contributed by atoms with Crippen LogP contribution < -0.4 is 19.9 Å². The number of hydrogen-bond acceptors (Lipinski definition) is 6. The smallest absolute Gasteiger partial charge is 0.454 e. The average Bonchev–Trinajstić information content (AvgIpc) is 2.95. The minimum Gasteiger partial charge on any atom is -0.454 e. The summed E-state index contributed by atoms with van der Waals surface area (Å²) in [4.78, 5) is 14.1. The first kappa shape index (κ1) is 13.9. The third kappa shape index (κ3) is 2.22. The molecule has 0 unspecified atom stereocenters. The molecule has 1 aromatic carbocycles. The Bertz CT molecular complexity index is 782. The van der Waals surface area contributed by atoms with E-state index in [0.717, 1.165) is 0 Å². The van der Waals surface area contributed by atoms with Gasteiger partial charge in [-0.3, -0.25) is 0 Å². The highest BCUT2D eigenvalue weighted by atomic mass is 19.1. The van der Waals surface area contributed by atoms with Crippen molar-refractivity contribution in [3.63, 3.8) is 0 Å². The molecule has 2 aromatic rings. The monoisotopic (exact) mass is 310 g/mol. The molecule has 114 valence electrons. The fraction of sp³-hybridized carbons (Fsp3) is 0.0769. The molecule has 1 aromatic heterocycles. The van der Waals surface area contributed by atoms with Crippen molar-refractivity contribution in [2.75, 3.05) is 12.5 Å². The van der Waals surface area contributed by atoms with Crippen molar-refractivity contribution in [3.05, 3.63) is 29.8 Å². The van der Waals surface area contributed by atoms with Gasteiger partial charge in [0.25, 0.3) is 5.88 Å². The molecule has 1 aliphatic rings. The third-order valence-electron chi connectivity index (χ3n) is 2.91. The largest absolute Gasteiger partial charge is 0.512 e. The molecule has 0 aliphatic carbocycles. The summed E-state index contributed by atoms with van der Waals surface area (Å²) in [7, 11) is 0. The molecular formula is C13H8F2N2O5. The van der Waals surface area contributed by atoms with Crippen molar-refractivity contribution in [1.29, 1.82) is 0 Å². The van der Waals surface area contributed by atoms with Crippen molar-refractivity contribution in [1.82, 2.24) is 4.98 Å². The Morgan fingerprint density at radius 3 is 2.73 bits per heavy atom. The van der Waals surface area contributed by atoms with E-state index in [1.165, 1.54) is 18.2 Å². The van der Waals surface area contributed by atoms with Crippen molar-refractivity contribution >= 4 is 11.8 Å². The fourth-order valence-corrected chi connectivity index (χ4v) is 1.92. The number of pyridine rings is 1. The Morgan fingerprint density at radius 2 is 2.00 bits per heavy atom. The van der Waals surface area contributed by atoms with Gasteiger partial charge >= 0.3 is 6.16 Å². The van der Waals surface area contributed by atoms with Crippen LogP contribution in [0.5, 0.6) is 17.4 Å². The van der Waals surface area contributed by atoms with Gasteiger partial charge in [0, 0.05) is 5.56 Å². The lowest BCUT2D eigenvalue weighted by Crippen LogP contribution is -2.10. The van der Waals surface area contributed by atoms with E-state index in [9.17, 15) is 13.6 Å². The summed E-state index contributed by atoms with van der Waals surface area (Å²) in [5.41, 5.74) is 4.23. The third-order valence-corrected chi connectivity index (χ3v) is 2.91. The molecular weight excluding hydrogens is 302 g/mol. The molecule has 0 bridgehead atoms. The van der Waals surface area contributed by atoms with Gasteiger partial charge in [-0.1, -0.05) is 0 Å². The van der Waals surface area contributed by atoms with Gasteiger partial charge in [-0.05, 0) is 18.2 Å². The number of fused-ring (bicyclic) bond motifs is 1. The summed E-state index contributed by atoms with van der Waals surface area (Å²) in [5.74, 6) is -2.64. The Labute approximate surface area is 121 Å². The molecule has 0 atom stereocenters. The summed E-state index contributed by atoms with van der Waals surface area (Å²) in [6.07, 6.45) is -1.80. The Morgan fingerprint density at radius 1 is 1.27 bits per heavy atom. The van der Waals surface area contributed by atoms with Crippen LogP contribution in [0, 0.1) is 11.6 Å². The van der Waals surface area contributed by atoms with E-state index < -0.39 is 29.4 Å². The van der Waals surface area contributed by atoms with E-state index in [2.05, 4.69) is 9.72 Å². The maximum atomic E-state index is 14.1. The number of hydrogen-bond donors (Lipinski definition) is 2. The van der Waals surface area contributed by atoms with E-state index >= 15 is 0 Å². The first-order valence-electron chi connectivity index (χ1n) is 5.92. The van der Waals surface area contributed by atoms with Crippen LogP contribution >= 0.6 is 0 Å². The molecule has 0 radical (unpaired) electrons. The summed E-state index contributed by atoms with van der Waals surface area (Å²) < 4.78 is 42.2. The van der Waals surface area contributed by atoms with E-state index in [-0.39, 0.29) is 18.1 Å². The average molecular weight is 310 g/mol. The Hall–Kier alpha value is -3.10. The number of aromatic nitrogens is 1. The molecule has 0 saturated carbocycles. The first-order valence-corrected chi connectivity index (χ1v) is 5.92. The Kier molecular flexibility index (Phi) is 3.17. The molecule has 9 heteroatoms. The number of nitrogens with two attached hydrogens (primary N) is 1. The van der Waals surface area contributed by atoms with Gasteiger partial charge < -0.3 is 25.1 Å². The van der Waals surface area contributed by atoms with Crippen LogP contribution in [0.3, 0.4) is 0 Å². The number of halogens is 2. The maximum Gasteiger partial charge on any atom is 0.512 e. The summed E-state index contributed by atoms with van der Waals surface area (Å²) in [5, 5.41) is 8.54. The highest BCUT2D eigenvalue weighted by molar-refractivity contribution is 5.70. The topological polar surface area (TPSA) is 104 Å². The van der Waals surface area contributed by atoms with E-state index in [1.807, 2.05) is 0 Å².